The largest absolute Gasteiger partial charge is 0.492 e. The molecular formula is C67H70Cl2F2N16O5. The van der Waals surface area contributed by atoms with Crippen LogP contribution in [0.2, 0.25) is 10.0 Å². The lowest BCUT2D eigenvalue weighted by Gasteiger charge is -2.44. The van der Waals surface area contributed by atoms with Crippen LogP contribution in [0.4, 0.5) is 31.8 Å². The smallest absolute Gasteiger partial charge is 0.355 e. The molecule has 0 spiro atoms. The first-order valence-electron chi connectivity index (χ1n) is 31.4. The number of nitrogens with zero attached hydrogens (tertiary/aromatic N) is 14. The van der Waals surface area contributed by atoms with E-state index in [-0.39, 0.29) is 121 Å². The molecule has 0 bridgehead atoms. The molecule has 4 aliphatic carbocycles. The van der Waals surface area contributed by atoms with E-state index in [0.29, 0.717) is 60.0 Å². The zero-order chi connectivity index (χ0) is 64.7. The van der Waals surface area contributed by atoms with Gasteiger partial charge >= 0.3 is 11.4 Å². The number of carbonyl (C=O) groups excluding carboxylic acids is 2. The summed E-state index contributed by atoms with van der Waals surface area (Å²) in [6, 6.07) is 11.3. The lowest BCUT2D eigenvalue weighted by Crippen LogP contribution is -2.59. The second-order valence-corrected chi connectivity index (χ2v) is 25.9. The highest BCUT2D eigenvalue weighted by molar-refractivity contribution is 6.34. The summed E-state index contributed by atoms with van der Waals surface area (Å²) in [6.45, 7) is 15.1. The molecule has 0 unspecified atom stereocenters. The van der Waals surface area contributed by atoms with Crippen molar-refractivity contribution in [3.63, 3.8) is 0 Å². The van der Waals surface area contributed by atoms with Gasteiger partial charge < -0.3 is 35.8 Å². The molecule has 6 aliphatic rings. The molecule has 2 saturated heterocycles. The van der Waals surface area contributed by atoms with E-state index in [1.165, 1.54) is 40.5 Å². The molecule has 2 aliphatic heterocycles. The molecular weight excluding hydrogens is 1220 g/mol. The Morgan fingerprint density at radius 2 is 1.00 bits per heavy atom. The van der Waals surface area contributed by atoms with Crippen molar-refractivity contribution in [1.82, 2.24) is 58.8 Å². The lowest BCUT2D eigenvalue weighted by atomic mass is 10.1. The fraction of sp³-hybridized carbons (Fsp3) is 0.403. The first-order valence-corrected chi connectivity index (χ1v) is 32.1. The van der Waals surface area contributed by atoms with Crippen LogP contribution in [0, 0.1) is 11.6 Å². The first-order chi connectivity index (χ1) is 44.3. The highest BCUT2D eigenvalue weighted by atomic mass is 35.5. The standard InChI is InChI=1S/C34H36ClFN8O2.C33H34ClFN8O3/c1-4-5-9-26(45)42-15-19(3)43(16-18(42)2)32-22-14-23(35)30(27-24(36)7-6-8-25(27)37)40-33(22)44(34(46)41-32)31-28(20-10-11-20)38-17-39-29(31)21-12-13-21;1-16-14-42(32(44)18(3)46-4)17(2)13-41(16)30-21-12-22(34)28(25-23(35)6-5-7-24(25)36)39-31(21)43(33(45)40-30)29-26(19-8-9-19)37-15-38-27(29)20-10-11-20/h5-9,14,17-21H,4,10-13,15-16,37H2,1-3H3;5-7,12,15-17,19-20H,3,8-11,13-14,36H2,1-2,4H3/b9-5+;/t18-,19+;16-,17+/m10/s1. The van der Waals surface area contributed by atoms with E-state index in [2.05, 4.69) is 36.5 Å². The van der Waals surface area contributed by atoms with E-state index in [9.17, 15) is 19.2 Å². The number of amides is 2. The van der Waals surface area contributed by atoms with Gasteiger partial charge in [-0.2, -0.15) is 9.97 Å². The van der Waals surface area contributed by atoms with Crippen LogP contribution in [0.5, 0.6) is 0 Å². The number of nitrogen functional groups attached to an aromatic ring is 2. The number of allylic oxidation sites excluding steroid dienone is 1. The fourth-order valence-electron chi connectivity index (χ4n) is 12.9. The molecule has 4 N–H and O–H groups in total. The number of halogens is 4. The number of anilines is 4. The SMILES string of the molecule is C=C(OC)C(=O)N1C[C@H](C)N(c2nc(=O)n(-c3c(C4CC4)ncnc3C3CC3)c3nc(-c4c(N)cccc4F)c(Cl)cc23)C[C@H]1C.CC/C=C/C(=O)N1C[C@H](C)N(c2nc(=O)n(-c3c(C4CC4)ncnc3C3CC3)c3nc(-c4c(N)cccc4F)c(Cl)cc23)C[C@H]1C. The third-order valence-electron chi connectivity index (χ3n) is 18.3. The summed E-state index contributed by atoms with van der Waals surface area (Å²) < 4.78 is 38.7. The minimum absolute atomic E-state index is 0.0461. The maximum atomic E-state index is 15.3. The van der Waals surface area contributed by atoms with Crippen molar-refractivity contribution >= 4 is 80.1 Å². The van der Waals surface area contributed by atoms with Crippen LogP contribution in [-0.2, 0) is 14.3 Å². The molecule has 8 heterocycles. The molecule has 0 radical (unpaired) electrons. The zero-order valence-corrected chi connectivity index (χ0v) is 53.4. The van der Waals surface area contributed by atoms with Crippen LogP contribution in [0.15, 0.2) is 95.3 Å². The molecule has 6 fully saturated rings. The van der Waals surface area contributed by atoms with Gasteiger partial charge in [0.25, 0.3) is 5.91 Å². The van der Waals surface area contributed by atoms with Gasteiger partial charge in [-0.3, -0.25) is 9.59 Å². The van der Waals surface area contributed by atoms with Crippen LogP contribution in [0.1, 0.15) is 139 Å². The van der Waals surface area contributed by atoms with Gasteiger partial charge in [-0.1, -0.05) is 54.9 Å². The van der Waals surface area contributed by atoms with E-state index in [1.807, 2.05) is 55.4 Å². The lowest BCUT2D eigenvalue weighted by molar-refractivity contribution is -0.133. The van der Waals surface area contributed by atoms with Crippen LogP contribution in [-0.4, -0.2) is 128 Å². The third kappa shape index (κ3) is 11.4. The number of fused-ring (bicyclic) bond motifs is 2. The number of hydrogen-bond donors (Lipinski definition) is 2. The Kier molecular flexibility index (Phi) is 16.5. The summed E-state index contributed by atoms with van der Waals surface area (Å²) in [5.41, 5.74) is 17.0. The minimum Gasteiger partial charge on any atom is -0.492 e. The zero-order valence-electron chi connectivity index (χ0n) is 51.9. The van der Waals surface area contributed by atoms with E-state index in [4.69, 9.17) is 49.4 Å². The number of ether oxygens (including phenoxy) is 1. The Labute approximate surface area is 539 Å². The molecule has 25 heteroatoms. The number of aromatic nitrogens is 10. The Morgan fingerprint density at radius 3 is 1.37 bits per heavy atom. The van der Waals surface area contributed by atoms with E-state index < -0.39 is 23.0 Å². The first kappa shape index (κ1) is 61.9. The molecule has 6 aromatic heterocycles. The summed E-state index contributed by atoms with van der Waals surface area (Å²) in [4.78, 5) is 100. The van der Waals surface area contributed by atoms with E-state index >= 15 is 8.78 Å². The van der Waals surface area contributed by atoms with Gasteiger partial charge in [0, 0.05) is 85.4 Å². The molecule has 92 heavy (non-hydrogen) atoms. The van der Waals surface area contributed by atoms with Crippen molar-refractivity contribution in [3.05, 3.63) is 151 Å². The number of methoxy groups -OCH3 is 1. The van der Waals surface area contributed by atoms with Crippen molar-refractivity contribution in [3.8, 4) is 33.9 Å². The van der Waals surface area contributed by atoms with E-state index in [1.54, 1.807) is 47.9 Å². The average Bonchev–Trinajstić information content (AvgIpc) is 1.69. The van der Waals surface area contributed by atoms with Crippen LogP contribution in [0.3, 0.4) is 0 Å². The van der Waals surface area contributed by atoms with Gasteiger partial charge in [0.2, 0.25) is 5.91 Å². The normalized spacial score (nSPS) is 20.0. The third-order valence-corrected chi connectivity index (χ3v) is 18.8. The predicted molar refractivity (Wildman–Crippen MR) is 351 cm³/mol. The van der Waals surface area contributed by atoms with E-state index in [0.717, 1.165) is 80.6 Å². The number of pyridine rings is 2. The van der Waals surface area contributed by atoms with Crippen LogP contribution >= 0.6 is 23.2 Å². The number of carbonyl (C=O) groups is 2. The topological polar surface area (TPSA) is 255 Å². The predicted octanol–water partition coefficient (Wildman–Crippen LogP) is 10.7. The molecule has 14 rings (SSSR count). The summed E-state index contributed by atoms with van der Waals surface area (Å²) in [7, 11) is 1.41. The van der Waals surface area contributed by atoms with Crippen LogP contribution < -0.4 is 32.6 Å². The quantitative estimate of drug-likeness (QED) is 0.0583. The summed E-state index contributed by atoms with van der Waals surface area (Å²) in [5.74, 6) is 0.137. The summed E-state index contributed by atoms with van der Waals surface area (Å²) in [6.07, 6.45) is 15.1. The maximum absolute atomic E-state index is 15.3. The number of piperazine rings is 2. The molecule has 476 valence electrons. The Balaban J connectivity index is 0.000000168. The fourth-order valence-corrected chi connectivity index (χ4v) is 13.4. The minimum atomic E-state index is -0.585. The highest BCUT2D eigenvalue weighted by Crippen LogP contribution is 2.50. The summed E-state index contributed by atoms with van der Waals surface area (Å²) >= 11 is 13.8. The van der Waals surface area contributed by atoms with Crippen LogP contribution in [0.25, 0.3) is 56.0 Å². The maximum Gasteiger partial charge on any atom is 0.355 e. The molecule has 4 atom stereocenters. The molecule has 4 saturated carbocycles. The second kappa shape index (κ2) is 24.6. The van der Waals surface area contributed by atoms with Gasteiger partial charge in [-0.25, -0.2) is 57.4 Å². The highest BCUT2D eigenvalue weighted by Gasteiger charge is 2.41. The monoisotopic (exact) mass is 1290 g/mol. The summed E-state index contributed by atoms with van der Waals surface area (Å²) in [5, 5.41) is 1.35. The Morgan fingerprint density at radius 1 is 0.609 bits per heavy atom. The average molecular weight is 1290 g/mol. The Hall–Kier alpha value is -8.96. The second-order valence-electron chi connectivity index (χ2n) is 25.1. The molecule has 8 aromatic rings. The van der Waals surface area contributed by atoms with Crippen molar-refractivity contribution in [1.29, 1.82) is 0 Å². The van der Waals surface area contributed by atoms with Crippen molar-refractivity contribution in [2.75, 3.05) is 54.6 Å². The van der Waals surface area contributed by atoms with Gasteiger partial charge in [-0.05, 0) is 128 Å². The number of hydrogen-bond acceptors (Lipinski definition) is 17. The molecule has 2 amide bonds. The Bertz CT molecular complexity index is 4390. The molecule has 21 nitrogen and oxygen atoms in total. The van der Waals surface area contributed by atoms with Gasteiger partial charge in [0.1, 0.15) is 35.9 Å². The molecule has 2 aromatic carbocycles. The van der Waals surface area contributed by atoms with Crippen molar-refractivity contribution in [2.45, 2.75) is 140 Å². The number of nitrogens with two attached hydrogens (primary N) is 2. The number of benzene rings is 2. The van der Waals surface area contributed by atoms with Gasteiger partial charge in [0.15, 0.2) is 17.1 Å². The van der Waals surface area contributed by atoms with Crippen molar-refractivity contribution in [2.24, 2.45) is 0 Å². The van der Waals surface area contributed by atoms with Gasteiger partial charge in [-0.15, -0.1) is 0 Å². The van der Waals surface area contributed by atoms with Gasteiger partial charge in [0.05, 0.1) is 84.6 Å². The van der Waals surface area contributed by atoms with Crippen molar-refractivity contribution < 1.29 is 23.1 Å². The number of rotatable bonds is 14.